The van der Waals surface area contributed by atoms with Crippen molar-refractivity contribution in [2.45, 2.75) is 25.8 Å². The van der Waals surface area contributed by atoms with Crippen LogP contribution in [0.3, 0.4) is 0 Å². The SMILES string of the molecule is CCOc1c(Br)cc(Cl)cc1NC1CCN(C(N)=O)CC1. The lowest BCUT2D eigenvalue weighted by Gasteiger charge is -2.32. The summed E-state index contributed by atoms with van der Waals surface area (Å²) in [7, 11) is 0. The molecule has 0 atom stereocenters. The molecule has 1 aromatic carbocycles. The van der Waals surface area contributed by atoms with Crippen LogP contribution in [-0.2, 0) is 0 Å². The lowest BCUT2D eigenvalue weighted by molar-refractivity contribution is 0.193. The van der Waals surface area contributed by atoms with Crippen LogP contribution in [0.4, 0.5) is 10.5 Å². The van der Waals surface area contributed by atoms with Gasteiger partial charge in [-0.05, 0) is 47.8 Å². The van der Waals surface area contributed by atoms with Crippen molar-refractivity contribution < 1.29 is 9.53 Å². The molecule has 1 aromatic rings. The predicted molar refractivity (Wildman–Crippen MR) is 88.1 cm³/mol. The third-order valence-electron chi connectivity index (χ3n) is 3.46. The number of amides is 2. The second kappa shape index (κ2) is 7.22. The zero-order chi connectivity index (χ0) is 15.4. The van der Waals surface area contributed by atoms with Gasteiger partial charge in [0.1, 0.15) is 0 Å². The lowest BCUT2D eigenvalue weighted by atomic mass is 10.0. The molecule has 1 heterocycles. The van der Waals surface area contributed by atoms with Gasteiger partial charge in [-0.3, -0.25) is 0 Å². The van der Waals surface area contributed by atoms with Crippen LogP contribution in [0.15, 0.2) is 16.6 Å². The Morgan fingerprint density at radius 2 is 2.19 bits per heavy atom. The van der Waals surface area contributed by atoms with E-state index in [9.17, 15) is 4.79 Å². The smallest absolute Gasteiger partial charge is 0.314 e. The van der Waals surface area contributed by atoms with E-state index in [0.717, 1.165) is 28.8 Å². The Balaban J connectivity index is 2.08. The van der Waals surface area contributed by atoms with Crippen molar-refractivity contribution in [1.82, 2.24) is 4.90 Å². The molecule has 0 radical (unpaired) electrons. The quantitative estimate of drug-likeness (QED) is 0.845. The van der Waals surface area contributed by atoms with E-state index < -0.39 is 0 Å². The molecule has 0 aliphatic carbocycles. The summed E-state index contributed by atoms with van der Waals surface area (Å²) in [6.45, 7) is 3.85. The lowest BCUT2D eigenvalue weighted by Crippen LogP contribution is -2.44. The summed E-state index contributed by atoms with van der Waals surface area (Å²) >= 11 is 9.58. The number of anilines is 1. The number of hydrogen-bond acceptors (Lipinski definition) is 3. The summed E-state index contributed by atoms with van der Waals surface area (Å²) in [4.78, 5) is 12.8. The minimum atomic E-state index is -0.353. The Kier molecular flexibility index (Phi) is 5.58. The molecule has 1 saturated heterocycles. The number of nitrogens with two attached hydrogens (primary N) is 1. The van der Waals surface area contributed by atoms with E-state index in [1.165, 1.54) is 0 Å². The van der Waals surface area contributed by atoms with Gasteiger partial charge in [-0.15, -0.1) is 0 Å². The van der Waals surface area contributed by atoms with Gasteiger partial charge < -0.3 is 20.7 Å². The van der Waals surface area contributed by atoms with Crippen molar-refractivity contribution in [3.63, 3.8) is 0 Å². The zero-order valence-electron chi connectivity index (χ0n) is 11.9. The molecule has 1 fully saturated rings. The number of nitrogens with zero attached hydrogens (tertiary/aromatic N) is 1. The summed E-state index contributed by atoms with van der Waals surface area (Å²) in [6.07, 6.45) is 1.69. The van der Waals surface area contributed by atoms with Crippen LogP contribution in [0.1, 0.15) is 19.8 Å². The van der Waals surface area contributed by atoms with Crippen LogP contribution in [0.2, 0.25) is 5.02 Å². The van der Waals surface area contributed by atoms with Crippen molar-refractivity contribution in [3.8, 4) is 5.75 Å². The number of benzene rings is 1. The number of nitrogens with one attached hydrogen (secondary N) is 1. The number of likely N-dealkylation sites (tertiary alicyclic amines) is 1. The van der Waals surface area contributed by atoms with Crippen molar-refractivity contribution in [2.75, 3.05) is 25.0 Å². The third-order valence-corrected chi connectivity index (χ3v) is 4.27. The van der Waals surface area contributed by atoms with Crippen molar-refractivity contribution in [2.24, 2.45) is 5.73 Å². The number of ether oxygens (including phenoxy) is 1. The fourth-order valence-electron chi connectivity index (χ4n) is 2.42. The fraction of sp³-hybridized carbons (Fsp3) is 0.500. The van der Waals surface area contributed by atoms with E-state index in [1.807, 2.05) is 19.1 Å². The second-order valence-electron chi connectivity index (χ2n) is 4.94. The molecule has 21 heavy (non-hydrogen) atoms. The summed E-state index contributed by atoms with van der Waals surface area (Å²) < 4.78 is 6.50. The van der Waals surface area contributed by atoms with Gasteiger partial charge in [0.2, 0.25) is 0 Å². The molecular weight excluding hydrogens is 358 g/mol. The Labute approximate surface area is 137 Å². The number of urea groups is 1. The van der Waals surface area contributed by atoms with Crippen LogP contribution in [0.5, 0.6) is 5.75 Å². The Morgan fingerprint density at radius 1 is 1.52 bits per heavy atom. The van der Waals surface area contributed by atoms with Crippen LogP contribution in [0.25, 0.3) is 0 Å². The Bertz CT molecular complexity index is 519. The fourth-order valence-corrected chi connectivity index (χ4v) is 3.35. The highest BCUT2D eigenvalue weighted by atomic mass is 79.9. The first kappa shape index (κ1) is 16.2. The minimum absolute atomic E-state index is 0.269. The summed E-state index contributed by atoms with van der Waals surface area (Å²) in [5.41, 5.74) is 6.16. The molecule has 0 aromatic heterocycles. The van der Waals surface area contributed by atoms with Gasteiger partial charge >= 0.3 is 6.03 Å². The first-order chi connectivity index (χ1) is 10.0. The number of piperidine rings is 1. The van der Waals surface area contributed by atoms with Crippen LogP contribution < -0.4 is 15.8 Å². The minimum Gasteiger partial charge on any atom is -0.491 e. The molecule has 7 heteroatoms. The van der Waals surface area contributed by atoms with Gasteiger partial charge in [-0.1, -0.05) is 11.6 Å². The third kappa shape index (κ3) is 4.17. The van der Waals surface area contributed by atoms with E-state index >= 15 is 0 Å². The first-order valence-electron chi connectivity index (χ1n) is 6.94. The van der Waals surface area contributed by atoms with Gasteiger partial charge in [-0.25, -0.2) is 4.79 Å². The van der Waals surface area contributed by atoms with E-state index in [0.29, 0.717) is 24.7 Å². The van der Waals surface area contributed by atoms with Crippen molar-refractivity contribution in [1.29, 1.82) is 0 Å². The molecule has 0 bridgehead atoms. The Hall–Kier alpha value is -1.14. The number of carbonyl (C=O) groups excluding carboxylic acids is 1. The molecule has 1 aliphatic heterocycles. The molecule has 5 nitrogen and oxygen atoms in total. The van der Waals surface area contributed by atoms with Crippen molar-refractivity contribution in [3.05, 3.63) is 21.6 Å². The van der Waals surface area contributed by atoms with Crippen LogP contribution >= 0.6 is 27.5 Å². The van der Waals surface area contributed by atoms with E-state index in [4.69, 9.17) is 22.1 Å². The monoisotopic (exact) mass is 375 g/mol. The van der Waals surface area contributed by atoms with Crippen LogP contribution in [0, 0.1) is 0 Å². The topological polar surface area (TPSA) is 67.6 Å². The van der Waals surface area contributed by atoms with Gasteiger partial charge in [-0.2, -0.15) is 0 Å². The summed E-state index contributed by atoms with van der Waals surface area (Å²) in [5, 5.41) is 4.10. The predicted octanol–water partition coefficient (Wildman–Crippen LogP) is 3.46. The van der Waals surface area contributed by atoms with E-state index in [-0.39, 0.29) is 12.1 Å². The normalized spacial score (nSPS) is 15.9. The maximum Gasteiger partial charge on any atom is 0.314 e. The van der Waals surface area contributed by atoms with E-state index in [1.54, 1.807) is 4.90 Å². The van der Waals surface area contributed by atoms with Crippen LogP contribution in [-0.4, -0.2) is 36.7 Å². The van der Waals surface area contributed by atoms with Gasteiger partial charge in [0.05, 0.1) is 16.8 Å². The number of halogens is 2. The molecule has 0 spiro atoms. The molecular formula is C14H19BrClN3O2. The van der Waals surface area contributed by atoms with E-state index in [2.05, 4.69) is 21.2 Å². The largest absolute Gasteiger partial charge is 0.491 e. The molecule has 116 valence electrons. The average Bonchev–Trinajstić information content (AvgIpc) is 2.43. The zero-order valence-corrected chi connectivity index (χ0v) is 14.2. The highest BCUT2D eigenvalue weighted by molar-refractivity contribution is 9.10. The molecule has 0 saturated carbocycles. The molecule has 3 N–H and O–H groups in total. The van der Waals surface area contributed by atoms with Gasteiger partial charge in [0.15, 0.2) is 5.75 Å². The molecule has 1 aliphatic rings. The number of carbonyl (C=O) groups is 1. The van der Waals surface area contributed by atoms with Gasteiger partial charge in [0.25, 0.3) is 0 Å². The highest BCUT2D eigenvalue weighted by Crippen LogP contribution is 2.37. The molecule has 2 amide bonds. The average molecular weight is 377 g/mol. The molecule has 2 rings (SSSR count). The molecule has 0 unspecified atom stereocenters. The summed E-state index contributed by atoms with van der Waals surface area (Å²) in [5.74, 6) is 0.763. The number of hydrogen-bond donors (Lipinski definition) is 2. The number of rotatable bonds is 4. The standard InChI is InChI=1S/C14H19BrClN3O2/c1-2-21-13-11(15)7-9(16)8-12(13)18-10-3-5-19(6-4-10)14(17)20/h7-8,10,18H,2-6H2,1H3,(H2,17,20). The van der Waals surface area contributed by atoms with Gasteiger partial charge in [0, 0.05) is 24.2 Å². The summed E-state index contributed by atoms with van der Waals surface area (Å²) in [6, 6.07) is 3.59. The Morgan fingerprint density at radius 3 is 2.76 bits per heavy atom. The van der Waals surface area contributed by atoms with Crippen molar-refractivity contribution >= 4 is 39.2 Å². The number of primary amides is 1. The second-order valence-corrected chi connectivity index (χ2v) is 6.23. The first-order valence-corrected chi connectivity index (χ1v) is 8.11. The maximum absolute atomic E-state index is 11.1. The maximum atomic E-state index is 11.1. The highest BCUT2D eigenvalue weighted by Gasteiger charge is 2.22.